The molecule has 3 rings (SSSR count). The van der Waals surface area contributed by atoms with Gasteiger partial charge in [-0.15, -0.1) is 0 Å². The summed E-state index contributed by atoms with van der Waals surface area (Å²) in [6.07, 6.45) is -0.514. The lowest BCUT2D eigenvalue weighted by atomic mass is 9.98. The smallest absolute Gasteiger partial charge is 0.267 e. The molecule has 3 aromatic carbocycles. The molecule has 3 aromatic rings. The van der Waals surface area contributed by atoms with Gasteiger partial charge >= 0.3 is 0 Å². The summed E-state index contributed by atoms with van der Waals surface area (Å²) in [7, 11) is 0. The first-order valence-corrected chi connectivity index (χ1v) is 9.57. The van der Waals surface area contributed by atoms with Crippen LogP contribution in [0, 0.1) is 18.6 Å². The van der Waals surface area contributed by atoms with Crippen molar-refractivity contribution < 1.29 is 22.3 Å². The number of hydrogen-bond acceptors (Lipinski definition) is 1. The topological polar surface area (TPSA) is 9.23 Å². The van der Waals surface area contributed by atoms with Gasteiger partial charge in [-0.3, -0.25) is 0 Å². The first kappa shape index (κ1) is 21.6. The molecule has 156 valence electrons. The van der Waals surface area contributed by atoms with Gasteiger partial charge in [0.15, 0.2) is 11.6 Å². The minimum absolute atomic E-state index is 0.226. The van der Waals surface area contributed by atoms with Crippen molar-refractivity contribution in [1.82, 2.24) is 0 Å². The number of alkyl halides is 2. The van der Waals surface area contributed by atoms with Crippen LogP contribution in [-0.4, -0.2) is 0 Å². The zero-order valence-electron chi connectivity index (χ0n) is 16.6. The predicted octanol–water partition coefficient (Wildman–Crippen LogP) is 7.22. The molecule has 0 aliphatic heterocycles. The van der Waals surface area contributed by atoms with Crippen molar-refractivity contribution in [3.63, 3.8) is 0 Å². The maximum Gasteiger partial charge on any atom is 0.267 e. The Morgan fingerprint density at radius 2 is 1.63 bits per heavy atom. The normalized spacial score (nSPS) is 11.0. The molecule has 1 nitrogen and oxygen atoms in total. The Morgan fingerprint density at radius 1 is 0.933 bits per heavy atom. The van der Waals surface area contributed by atoms with Crippen LogP contribution in [0.25, 0.3) is 6.08 Å². The van der Waals surface area contributed by atoms with E-state index in [4.69, 9.17) is 4.74 Å². The molecule has 0 aliphatic carbocycles. The second kappa shape index (κ2) is 9.61. The van der Waals surface area contributed by atoms with Crippen molar-refractivity contribution in [3.05, 3.63) is 106 Å². The SMILES string of the molecule is C=Cc1ccc(CCc2ccc(OCc3ccc(C)cc3F)c(F)c2C(F)F)cc1. The van der Waals surface area contributed by atoms with Crippen LogP contribution in [0.15, 0.2) is 61.2 Å². The Balaban J connectivity index is 1.76. The number of halogens is 4. The predicted molar refractivity (Wildman–Crippen MR) is 111 cm³/mol. The van der Waals surface area contributed by atoms with E-state index in [1.54, 1.807) is 19.1 Å². The van der Waals surface area contributed by atoms with Crippen molar-refractivity contribution in [3.8, 4) is 5.75 Å². The molecule has 0 spiro atoms. The number of benzene rings is 3. The minimum Gasteiger partial charge on any atom is -0.486 e. The standard InChI is InChI=1S/C25H22F4O/c1-3-17-5-7-18(8-6-17)9-11-19-12-13-22(24(27)23(19)25(28)29)30-15-20-10-4-16(2)14-21(20)26/h3-8,10,12-14,25H,1,9,11,15H2,2H3. The van der Waals surface area contributed by atoms with Crippen LogP contribution in [0.4, 0.5) is 17.6 Å². The molecule has 0 heterocycles. The molecule has 0 bridgehead atoms. The molecule has 0 atom stereocenters. The number of hydrogen-bond donors (Lipinski definition) is 0. The van der Waals surface area contributed by atoms with Crippen LogP contribution in [0.1, 0.15) is 39.8 Å². The monoisotopic (exact) mass is 414 g/mol. The first-order valence-electron chi connectivity index (χ1n) is 9.57. The van der Waals surface area contributed by atoms with Crippen LogP contribution >= 0.6 is 0 Å². The highest BCUT2D eigenvalue weighted by Crippen LogP contribution is 2.33. The third-order valence-electron chi connectivity index (χ3n) is 4.94. The second-order valence-electron chi connectivity index (χ2n) is 7.08. The summed E-state index contributed by atoms with van der Waals surface area (Å²) in [5, 5.41) is 0. The molecule has 5 heteroatoms. The van der Waals surface area contributed by atoms with Gasteiger partial charge in [0, 0.05) is 5.56 Å². The fraction of sp³-hybridized carbons (Fsp3) is 0.200. The Hall–Kier alpha value is -3.08. The van der Waals surface area contributed by atoms with E-state index < -0.39 is 23.6 Å². The Morgan fingerprint density at radius 3 is 2.27 bits per heavy atom. The molecule has 0 unspecified atom stereocenters. The van der Waals surface area contributed by atoms with E-state index in [-0.39, 0.29) is 29.9 Å². The van der Waals surface area contributed by atoms with Crippen LogP contribution in [0.2, 0.25) is 0 Å². The quantitative estimate of drug-likeness (QED) is 0.354. The number of aryl methyl sites for hydroxylation is 3. The summed E-state index contributed by atoms with van der Waals surface area (Å²) in [5.41, 5.74) is 2.45. The third kappa shape index (κ3) is 5.09. The first-order chi connectivity index (χ1) is 14.4. The highest BCUT2D eigenvalue weighted by molar-refractivity contribution is 5.47. The highest BCUT2D eigenvalue weighted by Gasteiger charge is 2.22. The second-order valence-corrected chi connectivity index (χ2v) is 7.08. The zero-order chi connectivity index (χ0) is 21.7. The molecule has 0 amide bonds. The highest BCUT2D eigenvalue weighted by atomic mass is 19.3. The minimum atomic E-state index is -2.98. The summed E-state index contributed by atoms with van der Waals surface area (Å²) in [6, 6.07) is 14.9. The van der Waals surface area contributed by atoms with E-state index in [0.717, 1.165) is 16.7 Å². The molecule has 30 heavy (non-hydrogen) atoms. The van der Waals surface area contributed by atoms with Gasteiger partial charge in [-0.1, -0.05) is 55.1 Å². The summed E-state index contributed by atoms with van der Waals surface area (Å²) < 4.78 is 61.2. The van der Waals surface area contributed by atoms with Gasteiger partial charge < -0.3 is 4.74 Å². The Kier molecular flexibility index (Phi) is 6.93. The van der Waals surface area contributed by atoms with Crippen LogP contribution in [0.5, 0.6) is 5.75 Å². The van der Waals surface area contributed by atoms with Crippen molar-refractivity contribution in [2.45, 2.75) is 32.8 Å². The van der Waals surface area contributed by atoms with Crippen LogP contribution < -0.4 is 4.74 Å². The lowest BCUT2D eigenvalue weighted by Gasteiger charge is -2.15. The molecule has 0 saturated carbocycles. The molecule has 0 aliphatic rings. The molecular weight excluding hydrogens is 392 g/mol. The fourth-order valence-electron chi connectivity index (χ4n) is 3.20. The maximum atomic E-state index is 14.8. The van der Waals surface area contributed by atoms with Gasteiger partial charge in [-0.05, 0) is 54.2 Å². The molecular formula is C25H22F4O. The summed E-state index contributed by atoms with van der Waals surface area (Å²) >= 11 is 0. The van der Waals surface area contributed by atoms with Gasteiger partial charge in [0.25, 0.3) is 6.43 Å². The van der Waals surface area contributed by atoms with E-state index in [1.165, 1.54) is 24.3 Å². The van der Waals surface area contributed by atoms with Gasteiger partial charge in [0.2, 0.25) is 0 Å². The summed E-state index contributed by atoms with van der Waals surface area (Å²) in [4.78, 5) is 0. The lowest BCUT2D eigenvalue weighted by Crippen LogP contribution is -2.06. The van der Waals surface area contributed by atoms with Crippen LogP contribution in [-0.2, 0) is 19.4 Å². The van der Waals surface area contributed by atoms with E-state index in [9.17, 15) is 17.6 Å². The van der Waals surface area contributed by atoms with E-state index in [1.807, 2.05) is 24.3 Å². The number of rotatable bonds is 8. The molecule has 0 radical (unpaired) electrons. The van der Waals surface area contributed by atoms with Crippen molar-refractivity contribution in [1.29, 1.82) is 0 Å². The molecule has 0 saturated heterocycles. The molecule has 0 fully saturated rings. The van der Waals surface area contributed by atoms with E-state index in [2.05, 4.69) is 6.58 Å². The lowest BCUT2D eigenvalue weighted by molar-refractivity contribution is 0.143. The Bertz CT molecular complexity index is 1030. The average molecular weight is 414 g/mol. The summed E-state index contributed by atoms with van der Waals surface area (Å²) in [6.45, 7) is 5.18. The fourth-order valence-corrected chi connectivity index (χ4v) is 3.20. The van der Waals surface area contributed by atoms with Crippen molar-refractivity contribution in [2.24, 2.45) is 0 Å². The van der Waals surface area contributed by atoms with Crippen molar-refractivity contribution in [2.75, 3.05) is 0 Å². The maximum absolute atomic E-state index is 14.8. The van der Waals surface area contributed by atoms with Crippen molar-refractivity contribution >= 4 is 6.08 Å². The summed E-state index contributed by atoms with van der Waals surface area (Å²) in [5.74, 6) is -1.90. The van der Waals surface area contributed by atoms with Gasteiger partial charge in [0.1, 0.15) is 12.4 Å². The molecule has 0 N–H and O–H groups in total. The van der Waals surface area contributed by atoms with E-state index >= 15 is 0 Å². The largest absolute Gasteiger partial charge is 0.486 e. The van der Waals surface area contributed by atoms with Gasteiger partial charge in [-0.25, -0.2) is 17.6 Å². The van der Waals surface area contributed by atoms with E-state index in [0.29, 0.717) is 6.42 Å². The zero-order valence-corrected chi connectivity index (χ0v) is 16.6. The number of ether oxygens (including phenoxy) is 1. The Labute approximate surface area is 173 Å². The van der Waals surface area contributed by atoms with Gasteiger partial charge in [-0.2, -0.15) is 0 Å². The average Bonchev–Trinajstić information content (AvgIpc) is 2.72. The third-order valence-corrected chi connectivity index (χ3v) is 4.94. The molecule has 0 aromatic heterocycles. The van der Waals surface area contributed by atoms with Crippen LogP contribution in [0.3, 0.4) is 0 Å². The van der Waals surface area contributed by atoms with Gasteiger partial charge in [0.05, 0.1) is 5.56 Å².